The van der Waals surface area contributed by atoms with Crippen molar-refractivity contribution in [2.24, 2.45) is 16.5 Å². The zero-order valence-corrected chi connectivity index (χ0v) is 14.4. The zero-order chi connectivity index (χ0) is 19.7. The van der Waals surface area contributed by atoms with Gasteiger partial charge in [0.2, 0.25) is 0 Å². The first-order valence-corrected chi connectivity index (χ1v) is 7.98. The zero-order valence-electron chi connectivity index (χ0n) is 14.4. The van der Waals surface area contributed by atoms with Gasteiger partial charge in [-0.15, -0.1) is 0 Å². The minimum atomic E-state index is -1.26. The number of aliphatic imine (C=N–C) groups is 1. The molecule has 0 spiro atoms. The highest BCUT2D eigenvalue weighted by molar-refractivity contribution is 6.02. The van der Waals surface area contributed by atoms with Crippen molar-refractivity contribution >= 4 is 23.8 Å². The van der Waals surface area contributed by atoms with Crippen LogP contribution in [0.2, 0.25) is 0 Å². The van der Waals surface area contributed by atoms with Crippen LogP contribution < -0.4 is 11.5 Å². The Morgan fingerprint density at radius 1 is 1.08 bits per heavy atom. The van der Waals surface area contributed by atoms with E-state index in [4.69, 9.17) is 21.7 Å². The van der Waals surface area contributed by atoms with E-state index in [1.165, 1.54) is 12.8 Å². The second kappa shape index (κ2) is 9.92. The third kappa shape index (κ3) is 7.12. The second-order valence-corrected chi connectivity index (χ2v) is 5.64. The van der Waals surface area contributed by atoms with E-state index >= 15 is 0 Å². The van der Waals surface area contributed by atoms with Gasteiger partial charge in [-0.25, -0.2) is 9.59 Å². The largest absolute Gasteiger partial charge is 0.478 e. The maximum absolute atomic E-state index is 11.9. The summed E-state index contributed by atoms with van der Waals surface area (Å²) in [6.07, 6.45) is 6.61. The molecule has 1 amide bonds. The Kier molecular flexibility index (Phi) is 7.94. The van der Waals surface area contributed by atoms with E-state index < -0.39 is 17.8 Å². The topological polar surface area (TPSA) is 169 Å². The van der Waals surface area contributed by atoms with Gasteiger partial charge in [0.15, 0.2) is 5.96 Å². The van der Waals surface area contributed by atoms with Crippen LogP contribution in [0.3, 0.4) is 0 Å². The molecule has 1 aliphatic rings. The van der Waals surface area contributed by atoms with Crippen molar-refractivity contribution in [3.8, 4) is 0 Å². The van der Waals surface area contributed by atoms with Gasteiger partial charge < -0.3 is 21.7 Å². The summed E-state index contributed by atoms with van der Waals surface area (Å²) in [6.45, 7) is 1.82. The van der Waals surface area contributed by atoms with E-state index in [0.717, 1.165) is 30.5 Å². The standard InChI is InChI=1S/C13H18N4O.C4H4O4/c1-8-10(12(18)17-13(14)15)7-9-5-3-2-4-6-11(9)16-8;5-3(6)1-2-4(7)8/h7H,2-6H2,1H3,(H4,14,15,17,18);1-2H,(H,5,6)(H,7,8)/b;2-1-. The molecule has 140 valence electrons. The fourth-order valence-electron chi connectivity index (χ4n) is 2.45. The molecule has 0 fully saturated rings. The van der Waals surface area contributed by atoms with Crippen LogP contribution in [0.5, 0.6) is 0 Å². The predicted octanol–water partition coefficient (Wildman–Crippen LogP) is 0.784. The molecule has 0 unspecified atom stereocenters. The van der Waals surface area contributed by atoms with E-state index in [2.05, 4.69) is 9.98 Å². The number of nitrogens with two attached hydrogens (primary N) is 2. The molecule has 1 aromatic heterocycles. The molecule has 0 atom stereocenters. The number of carboxylic acids is 2. The summed E-state index contributed by atoms with van der Waals surface area (Å²) in [5.74, 6) is -3.14. The number of pyridine rings is 1. The number of aromatic nitrogens is 1. The average molecular weight is 362 g/mol. The monoisotopic (exact) mass is 362 g/mol. The van der Waals surface area contributed by atoms with Crippen LogP contribution in [-0.4, -0.2) is 39.0 Å². The summed E-state index contributed by atoms with van der Waals surface area (Å²) in [7, 11) is 0. The molecule has 1 aliphatic carbocycles. The Morgan fingerprint density at radius 2 is 1.65 bits per heavy atom. The molecule has 9 nitrogen and oxygen atoms in total. The lowest BCUT2D eigenvalue weighted by atomic mass is 10.0. The number of amides is 1. The Hall–Kier alpha value is -3.23. The van der Waals surface area contributed by atoms with Crippen LogP contribution >= 0.6 is 0 Å². The van der Waals surface area contributed by atoms with Crippen LogP contribution in [0.15, 0.2) is 23.2 Å². The summed E-state index contributed by atoms with van der Waals surface area (Å²) in [5, 5.41) is 15.6. The summed E-state index contributed by atoms with van der Waals surface area (Å²) >= 11 is 0. The first kappa shape index (κ1) is 20.8. The quantitative estimate of drug-likeness (QED) is 0.264. The summed E-state index contributed by atoms with van der Waals surface area (Å²) in [5.41, 5.74) is 13.9. The van der Waals surface area contributed by atoms with Crippen molar-refractivity contribution in [3.05, 3.63) is 40.7 Å². The number of hydrogen-bond acceptors (Lipinski definition) is 4. The lowest BCUT2D eigenvalue weighted by Gasteiger charge is -2.09. The molecule has 6 N–H and O–H groups in total. The highest BCUT2D eigenvalue weighted by Crippen LogP contribution is 2.22. The van der Waals surface area contributed by atoms with Gasteiger partial charge in [-0.3, -0.25) is 9.78 Å². The van der Waals surface area contributed by atoms with Gasteiger partial charge in [0, 0.05) is 17.8 Å². The Labute approximate surface area is 150 Å². The van der Waals surface area contributed by atoms with Gasteiger partial charge >= 0.3 is 11.9 Å². The lowest BCUT2D eigenvalue weighted by Crippen LogP contribution is -2.24. The Balaban J connectivity index is 0.000000359. The Morgan fingerprint density at radius 3 is 2.19 bits per heavy atom. The number of carboxylic acid groups (broad SMARTS) is 2. The molecular formula is C17H22N4O5. The van der Waals surface area contributed by atoms with E-state index in [0.29, 0.717) is 23.4 Å². The third-order valence-corrected chi connectivity index (χ3v) is 3.57. The highest BCUT2D eigenvalue weighted by Gasteiger charge is 2.16. The van der Waals surface area contributed by atoms with Crippen molar-refractivity contribution in [2.45, 2.75) is 39.0 Å². The smallest absolute Gasteiger partial charge is 0.328 e. The number of fused-ring (bicyclic) bond motifs is 1. The first-order valence-electron chi connectivity index (χ1n) is 7.98. The van der Waals surface area contributed by atoms with Crippen LogP contribution in [0.4, 0.5) is 0 Å². The van der Waals surface area contributed by atoms with Gasteiger partial charge in [0.05, 0.1) is 11.3 Å². The minimum Gasteiger partial charge on any atom is -0.478 e. The van der Waals surface area contributed by atoms with Crippen LogP contribution in [0.1, 0.15) is 46.6 Å². The third-order valence-electron chi connectivity index (χ3n) is 3.57. The van der Waals surface area contributed by atoms with E-state index in [-0.39, 0.29) is 5.96 Å². The van der Waals surface area contributed by atoms with Crippen molar-refractivity contribution in [1.29, 1.82) is 0 Å². The van der Waals surface area contributed by atoms with Crippen molar-refractivity contribution in [2.75, 3.05) is 0 Å². The summed E-state index contributed by atoms with van der Waals surface area (Å²) in [4.78, 5) is 39.1. The number of carbonyl (C=O) groups excluding carboxylic acids is 1. The maximum Gasteiger partial charge on any atom is 0.328 e. The lowest BCUT2D eigenvalue weighted by molar-refractivity contribution is -0.134. The molecule has 26 heavy (non-hydrogen) atoms. The van der Waals surface area contributed by atoms with E-state index in [9.17, 15) is 14.4 Å². The SMILES string of the molecule is Cc1nc2c(cc1C(=O)N=C(N)N)CCCCC2.O=C(O)/C=C\C(=O)O. The molecule has 1 aromatic rings. The summed E-state index contributed by atoms with van der Waals surface area (Å²) < 4.78 is 0. The summed E-state index contributed by atoms with van der Waals surface area (Å²) in [6, 6.07) is 1.90. The maximum atomic E-state index is 11.9. The van der Waals surface area contributed by atoms with E-state index in [1.54, 1.807) is 0 Å². The second-order valence-electron chi connectivity index (χ2n) is 5.64. The van der Waals surface area contributed by atoms with Crippen LogP contribution in [0.25, 0.3) is 0 Å². The number of carbonyl (C=O) groups is 3. The number of guanidine groups is 1. The number of rotatable bonds is 3. The average Bonchev–Trinajstić information content (AvgIpc) is 2.76. The molecule has 0 saturated heterocycles. The van der Waals surface area contributed by atoms with Gasteiger partial charge in [-0.2, -0.15) is 4.99 Å². The molecule has 1 heterocycles. The minimum absolute atomic E-state index is 0.214. The van der Waals surface area contributed by atoms with Crippen molar-refractivity contribution in [3.63, 3.8) is 0 Å². The molecule has 2 rings (SSSR count). The number of hydrogen-bond donors (Lipinski definition) is 4. The first-order chi connectivity index (χ1) is 12.2. The van der Waals surface area contributed by atoms with Gasteiger partial charge in [-0.05, 0) is 44.2 Å². The van der Waals surface area contributed by atoms with E-state index in [1.807, 2.05) is 13.0 Å². The molecule has 0 bridgehead atoms. The Bertz CT molecular complexity index is 736. The molecule has 0 aliphatic heterocycles. The fourth-order valence-corrected chi connectivity index (χ4v) is 2.45. The number of nitrogens with zero attached hydrogens (tertiary/aromatic N) is 2. The van der Waals surface area contributed by atoms with Crippen molar-refractivity contribution < 1.29 is 24.6 Å². The van der Waals surface area contributed by atoms with Crippen molar-refractivity contribution in [1.82, 2.24) is 4.98 Å². The van der Waals surface area contributed by atoms with Crippen LogP contribution in [-0.2, 0) is 22.4 Å². The number of aliphatic carboxylic acids is 2. The molecule has 0 radical (unpaired) electrons. The fraction of sp³-hybridized carbons (Fsp3) is 0.353. The van der Waals surface area contributed by atoms with Crippen LogP contribution in [0, 0.1) is 6.92 Å². The number of aryl methyl sites for hydroxylation is 3. The molecule has 0 saturated carbocycles. The highest BCUT2D eigenvalue weighted by atomic mass is 16.4. The van der Waals surface area contributed by atoms with Gasteiger partial charge in [0.25, 0.3) is 5.91 Å². The van der Waals surface area contributed by atoms with Gasteiger partial charge in [-0.1, -0.05) is 6.42 Å². The molecule has 0 aromatic carbocycles. The molecular weight excluding hydrogens is 340 g/mol. The van der Waals surface area contributed by atoms with Gasteiger partial charge in [0.1, 0.15) is 0 Å². The predicted molar refractivity (Wildman–Crippen MR) is 94.8 cm³/mol. The normalized spacial score (nSPS) is 13.0. The molecule has 9 heteroatoms.